The maximum Gasteiger partial charge on any atom is 0.106 e. The Hall–Kier alpha value is -0.260. The smallest absolute Gasteiger partial charge is 0.106 e. The Kier molecular flexibility index (Phi) is 5.08. The van der Waals surface area contributed by atoms with Crippen molar-refractivity contribution in [2.45, 2.75) is 31.9 Å². The summed E-state index contributed by atoms with van der Waals surface area (Å²) < 4.78 is 15.3. The van der Waals surface area contributed by atoms with Crippen molar-refractivity contribution in [2.24, 2.45) is 0 Å². The van der Waals surface area contributed by atoms with Crippen LogP contribution in [-0.2, 0) is 17.4 Å². The number of nitrogens with one attached hydrogen (secondary N) is 1. The van der Waals surface area contributed by atoms with Crippen LogP contribution in [0.2, 0.25) is 0 Å². The monoisotopic (exact) mass is 304 g/mol. The first kappa shape index (κ1) is 13.8. The van der Waals surface area contributed by atoms with E-state index in [0.29, 0.717) is 6.54 Å². The standard InChI is InChI=1S/C11H17BrN2OS/c1-11(2,3)16(15)13-8-7-9-5-4-6-10(12)14-9/h4-6,13H,7-8H2,1-3H3. The summed E-state index contributed by atoms with van der Waals surface area (Å²) in [5.74, 6) is 0. The Morgan fingerprint density at radius 3 is 2.69 bits per heavy atom. The molecule has 0 aromatic carbocycles. The first-order valence-corrected chi connectivity index (χ1v) is 7.11. The van der Waals surface area contributed by atoms with Gasteiger partial charge < -0.3 is 0 Å². The molecule has 0 radical (unpaired) electrons. The molecule has 0 saturated carbocycles. The van der Waals surface area contributed by atoms with Crippen molar-refractivity contribution in [3.8, 4) is 0 Å². The average molecular weight is 305 g/mol. The molecule has 3 nitrogen and oxygen atoms in total. The molecule has 0 fully saturated rings. The number of nitrogens with zero attached hydrogens (tertiary/aromatic N) is 1. The van der Waals surface area contributed by atoms with E-state index in [1.165, 1.54) is 0 Å². The van der Waals surface area contributed by atoms with Gasteiger partial charge in [-0.05, 0) is 48.8 Å². The quantitative estimate of drug-likeness (QED) is 0.868. The Balaban J connectivity index is 2.39. The Morgan fingerprint density at radius 1 is 1.44 bits per heavy atom. The van der Waals surface area contributed by atoms with Crippen LogP contribution in [0.15, 0.2) is 22.8 Å². The number of hydrogen-bond acceptors (Lipinski definition) is 2. The molecule has 1 unspecified atom stereocenters. The lowest BCUT2D eigenvalue weighted by Crippen LogP contribution is -2.34. The molecular formula is C11H17BrN2OS. The van der Waals surface area contributed by atoms with Crippen molar-refractivity contribution in [3.63, 3.8) is 0 Å². The van der Waals surface area contributed by atoms with Crippen LogP contribution < -0.4 is 4.72 Å². The largest absolute Gasteiger partial charge is 0.246 e. The van der Waals surface area contributed by atoms with Crippen molar-refractivity contribution < 1.29 is 4.21 Å². The lowest BCUT2D eigenvalue weighted by molar-refractivity contribution is 0.634. The Bertz CT molecular complexity index is 376. The summed E-state index contributed by atoms with van der Waals surface area (Å²) in [6.45, 7) is 6.53. The summed E-state index contributed by atoms with van der Waals surface area (Å²) in [6, 6.07) is 5.81. The molecule has 0 aliphatic rings. The van der Waals surface area contributed by atoms with E-state index in [9.17, 15) is 4.21 Å². The molecule has 0 amide bonds. The molecule has 1 heterocycles. The van der Waals surface area contributed by atoms with Crippen molar-refractivity contribution in [1.29, 1.82) is 0 Å². The zero-order chi connectivity index (χ0) is 12.2. The molecule has 0 aliphatic carbocycles. The van der Waals surface area contributed by atoms with Crippen molar-refractivity contribution in [2.75, 3.05) is 6.54 Å². The Labute approximate surface area is 108 Å². The Morgan fingerprint density at radius 2 is 2.12 bits per heavy atom. The number of rotatable bonds is 4. The molecule has 0 bridgehead atoms. The van der Waals surface area contributed by atoms with E-state index in [4.69, 9.17) is 0 Å². The summed E-state index contributed by atoms with van der Waals surface area (Å²) in [4.78, 5) is 4.31. The minimum absolute atomic E-state index is 0.218. The fourth-order valence-electron chi connectivity index (χ4n) is 1.08. The molecule has 0 spiro atoms. The van der Waals surface area contributed by atoms with E-state index >= 15 is 0 Å². The number of pyridine rings is 1. The molecular weight excluding hydrogens is 288 g/mol. The van der Waals surface area contributed by atoms with E-state index in [-0.39, 0.29) is 4.75 Å². The second-order valence-electron chi connectivity index (χ2n) is 4.48. The predicted molar refractivity (Wildman–Crippen MR) is 71.5 cm³/mol. The van der Waals surface area contributed by atoms with Crippen LogP contribution in [0.1, 0.15) is 26.5 Å². The fourth-order valence-corrected chi connectivity index (χ4v) is 2.18. The number of hydrogen-bond donors (Lipinski definition) is 1. The SMILES string of the molecule is CC(C)(C)S(=O)NCCc1cccc(Br)n1. The molecule has 1 aromatic rings. The van der Waals surface area contributed by atoms with Crippen LogP contribution in [0.3, 0.4) is 0 Å². The first-order chi connectivity index (χ1) is 7.39. The maximum absolute atomic E-state index is 11.7. The van der Waals surface area contributed by atoms with E-state index in [1.54, 1.807) is 0 Å². The van der Waals surface area contributed by atoms with Gasteiger partial charge in [0, 0.05) is 18.7 Å². The molecule has 16 heavy (non-hydrogen) atoms. The van der Waals surface area contributed by atoms with E-state index in [1.807, 2.05) is 39.0 Å². The maximum atomic E-state index is 11.7. The van der Waals surface area contributed by atoms with Gasteiger partial charge in [0.05, 0.1) is 15.7 Å². The second kappa shape index (κ2) is 5.89. The van der Waals surface area contributed by atoms with Gasteiger partial charge in [-0.1, -0.05) is 6.07 Å². The predicted octanol–water partition coefficient (Wildman–Crippen LogP) is 2.44. The second-order valence-corrected chi connectivity index (χ2v) is 7.34. The lowest BCUT2D eigenvalue weighted by Gasteiger charge is -2.17. The van der Waals surface area contributed by atoms with Crippen LogP contribution in [-0.4, -0.2) is 20.5 Å². The topological polar surface area (TPSA) is 42.0 Å². The summed E-state index contributed by atoms with van der Waals surface area (Å²) in [6.07, 6.45) is 0.779. The zero-order valence-electron chi connectivity index (χ0n) is 9.79. The van der Waals surface area contributed by atoms with E-state index < -0.39 is 11.0 Å². The third-order valence-corrected chi connectivity index (χ3v) is 3.96. The van der Waals surface area contributed by atoms with Crippen molar-refractivity contribution in [3.05, 3.63) is 28.5 Å². The highest BCUT2D eigenvalue weighted by molar-refractivity contribution is 9.10. The van der Waals surface area contributed by atoms with Gasteiger partial charge in [-0.2, -0.15) is 0 Å². The molecule has 1 rings (SSSR count). The average Bonchev–Trinajstić information content (AvgIpc) is 2.16. The van der Waals surface area contributed by atoms with Gasteiger partial charge in [0.2, 0.25) is 0 Å². The third kappa shape index (κ3) is 4.72. The molecule has 0 saturated heterocycles. The van der Waals surface area contributed by atoms with Crippen LogP contribution >= 0.6 is 15.9 Å². The molecule has 1 N–H and O–H groups in total. The van der Waals surface area contributed by atoms with Gasteiger partial charge in [0.25, 0.3) is 0 Å². The van der Waals surface area contributed by atoms with Gasteiger partial charge in [-0.15, -0.1) is 0 Å². The highest BCUT2D eigenvalue weighted by Gasteiger charge is 2.18. The third-order valence-electron chi connectivity index (χ3n) is 1.94. The zero-order valence-corrected chi connectivity index (χ0v) is 12.2. The molecule has 0 aliphatic heterocycles. The van der Waals surface area contributed by atoms with Crippen LogP contribution in [0.4, 0.5) is 0 Å². The van der Waals surface area contributed by atoms with Gasteiger partial charge in [0.1, 0.15) is 4.60 Å². The molecule has 90 valence electrons. The van der Waals surface area contributed by atoms with E-state index in [2.05, 4.69) is 25.6 Å². The minimum atomic E-state index is -1.01. The van der Waals surface area contributed by atoms with Crippen LogP contribution in [0.25, 0.3) is 0 Å². The molecule has 1 atom stereocenters. The summed E-state index contributed by atoms with van der Waals surface area (Å²) >= 11 is 3.32. The first-order valence-electron chi connectivity index (χ1n) is 5.16. The highest BCUT2D eigenvalue weighted by atomic mass is 79.9. The van der Waals surface area contributed by atoms with Gasteiger partial charge >= 0.3 is 0 Å². The minimum Gasteiger partial charge on any atom is -0.246 e. The number of halogens is 1. The van der Waals surface area contributed by atoms with Gasteiger partial charge in [-0.3, -0.25) is 0 Å². The number of aromatic nitrogens is 1. The summed E-state index contributed by atoms with van der Waals surface area (Å²) in [7, 11) is -1.01. The van der Waals surface area contributed by atoms with Crippen LogP contribution in [0.5, 0.6) is 0 Å². The highest BCUT2D eigenvalue weighted by Crippen LogP contribution is 2.09. The lowest BCUT2D eigenvalue weighted by atomic mass is 10.3. The molecule has 1 aromatic heterocycles. The van der Waals surface area contributed by atoms with E-state index in [0.717, 1.165) is 16.7 Å². The summed E-state index contributed by atoms with van der Waals surface area (Å²) in [5, 5.41) is 0. The fraction of sp³-hybridized carbons (Fsp3) is 0.545. The van der Waals surface area contributed by atoms with Crippen molar-refractivity contribution in [1.82, 2.24) is 9.71 Å². The molecule has 5 heteroatoms. The van der Waals surface area contributed by atoms with Gasteiger partial charge in [0.15, 0.2) is 0 Å². The van der Waals surface area contributed by atoms with Gasteiger partial charge in [-0.25, -0.2) is 13.9 Å². The van der Waals surface area contributed by atoms with Crippen LogP contribution in [0, 0.1) is 0 Å². The summed E-state index contributed by atoms with van der Waals surface area (Å²) in [5.41, 5.74) is 0.993. The van der Waals surface area contributed by atoms with Crippen molar-refractivity contribution >= 4 is 26.9 Å². The normalized spacial score (nSPS) is 13.8.